The summed E-state index contributed by atoms with van der Waals surface area (Å²) in [6, 6.07) is 2.76. The molecule has 1 aliphatic carbocycles. The van der Waals surface area contributed by atoms with Crippen LogP contribution in [0.1, 0.15) is 39.0 Å². The van der Waals surface area contributed by atoms with Gasteiger partial charge in [0.2, 0.25) is 0 Å². The predicted molar refractivity (Wildman–Crippen MR) is 73.8 cm³/mol. The Balaban J connectivity index is 2.23. The molecule has 0 bridgehead atoms. The van der Waals surface area contributed by atoms with Gasteiger partial charge in [0.15, 0.2) is 0 Å². The number of nitrogen functional groups attached to an aromatic ring is 1. The van der Waals surface area contributed by atoms with Crippen LogP contribution >= 0.6 is 0 Å². The van der Waals surface area contributed by atoms with Crippen molar-refractivity contribution in [2.24, 2.45) is 5.84 Å². The minimum Gasteiger partial charge on any atom is -0.365 e. The first-order valence-corrected chi connectivity index (χ1v) is 6.44. The molecule has 1 fully saturated rings. The highest BCUT2D eigenvalue weighted by atomic mass is 16.6. The smallest absolute Gasteiger partial charge is 0.276 e. The zero-order chi connectivity index (χ0) is 13.9. The Morgan fingerprint density at radius 2 is 1.95 bits per heavy atom. The molecule has 2 rings (SSSR count). The second-order valence-electron chi connectivity index (χ2n) is 5.24. The maximum Gasteiger partial charge on any atom is 0.276 e. The Bertz CT molecular complexity index is 471. The average Bonchev–Trinajstić information content (AvgIpc) is 2.38. The van der Waals surface area contributed by atoms with Crippen LogP contribution in [0.4, 0.5) is 17.3 Å². The zero-order valence-electron chi connectivity index (χ0n) is 11.0. The first-order chi connectivity index (χ1) is 9.02. The molecule has 1 aliphatic rings. The summed E-state index contributed by atoms with van der Waals surface area (Å²) in [6.07, 6.45) is 5.67. The van der Waals surface area contributed by atoms with Crippen LogP contribution in [0.15, 0.2) is 12.1 Å². The number of nitrogens with zero attached hydrogens (tertiary/aromatic N) is 2. The third-order valence-electron chi connectivity index (χ3n) is 3.56. The number of hydrogen-bond acceptors (Lipinski definition) is 6. The van der Waals surface area contributed by atoms with Crippen molar-refractivity contribution in [1.29, 1.82) is 0 Å². The van der Waals surface area contributed by atoms with E-state index >= 15 is 0 Å². The highest BCUT2D eigenvalue weighted by molar-refractivity contribution is 5.55. The molecule has 0 aliphatic heterocycles. The number of nitrogens with one attached hydrogen (secondary N) is 2. The van der Waals surface area contributed by atoms with E-state index in [1.54, 1.807) is 0 Å². The molecule has 1 heterocycles. The monoisotopic (exact) mass is 265 g/mol. The van der Waals surface area contributed by atoms with E-state index in [1.165, 1.54) is 31.4 Å². The van der Waals surface area contributed by atoms with Gasteiger partial charge < -0.3 is 10.7 Å². The van der Waals surface area contributed by atoms with Crippen molar-refractivity contribution >= 4 is 17.3 Å². The van der Waals surface area contributed by atoms with E-state index in [9.17, 15) is 10.1 Å². The Labute approximate surface area is 111 Å². The summed E-state index contributed by atoms with van der Waals surface area (Å²) in [5, 5.41) is 14.2. The predicted octanol–water partition coefficient (Wildman–Crippen LogP) is 2.41. The molecule has 0 unspecified atom stereocenters. The topological polar surface area (TPSA) is 106 Å². The molecule has 0 aromatic carbocycles. The lowest BCUT2D eigenvalue weighted by Gasteiger charge is -2.35. The fraction of sp³-hybridized carbons (Fsp3) is 0.583. The van der Waals surface area contributed by atoms with Crippen LogP contribution in [-0.2, 0) is 0 Å². The number of anilines is 2. The van der Waals surface area contributed by atoms with Crippen LogP contribution in [0, 0.1) is 10.1 Å². The highest BCUT2D eigenvalue weighted by Gasteiger charge is 2.27. The Morgan fingerprint density at radius 1 is 1.32 bits per heavy atom. The minimum absolute atomic E-state index is 0.0233. The Morgan fingerprint density at radius 3 is 2.53 bits per heavy atom. The molecule has 19 heavy (non-hydrogen) atoms. The molecule has 7 heteroatoms. The quantitative estimate of drug-likeness (QED) is 0.438. The molecule has 1 aromatic rings. The molecule has 0 amide bonds. The molecule has 0 radical (unpaired) electrons. The summed E-state index contributed by atoms with van der Waals surface area (Å²) < 4.78 is 0. The van der Waals surface area contributed by atoms with Gasteiger partial charge in [0.1, 0.15) is 11.6 Å². The van der Waals surface area contributed by atoms with Gasteiger partial charge in [-0.25, -0.2) is 10.8 Å². The molecular weight excluding hydrogens is 246 g/mol. The van der Waals surface area contributed by atoms with Gasteiger partial charge in [-0.2, -0.15) is 0 Å². The van der Waals surface area contributed by atoms with Crippen molar-refractivity contribution in [3.05, 3.63) is 22.2 Å². The SMILES string of the molecule is CC1(Nc2cc([N+](=O)[O-])cc(NN)n2)CCCCC1. The van der Waals surface area contributed by atoms with Gasteiger partial charge in [-0.05, 0) is 19.8 Å². The fourth-order valence-electron chi connectivity index (χ4n) is 2.53. The molecule has 4 N–H and O–H groups in total. The third-order valence-corrected chi connectivity index (χ3v) is 3.56. The molecule has 1 aromatic heterocycles. The standard InChI is InChI=1S/C12H19N5O2/c1-12(5-3-2-4-6-12)15-10-7-9(17(18)19)8-11(14-10)16-13/h7-8H,2-6,13H2,1H3,(H2,14,15,16). The van der Waals surface area contributed by atoms with Crippen LogP contribution in [0.25, 0.3) is 0 Å². The van der Waals surface area contributed by atoms with Gasteiger partial charge in [0.25, 0.3) is 5.69 Å². The summed E-state index contributed by atoms with van der Waals surface area (Å²) in [7, 11) is 0. The first-order valence-electron chi connectivity index (χ1n) is 6.44. The molecular formula is C12H19N5O2. The number of pyridine rings is 1. The molecule has 0 atom stereocenters. The van der Waals surface area contributed by atoms with E-state index < -0.39 is 4.92 Å². The van der Waals surface area contributed by atoms with Crippen molar-refractivity contribution in [3.63, 3.8) is 0 Å². The summed E-state index contributed by atoms with van der Waals surface area (Å²) in [5.41, 5.74) is 2.28. The van der Waals surface area contributed by atoms with Gasteiger partial charge in [0.05, 0.1) is 17.1 Å². The summed E-state index contributed by atoms with van der Waals surface area (Å²) in [6.45, 7) is 2.13. The van der Waals surface area contributed by atoms with Crippen molar-refractivity contribution in [2.75, 3.05) is 10.7 Å². The maximum atomic E-state index is 10.9. The van der Waals surface area contributed by atoms with E-state index in [0.717, 1.165) is 12.8 Å². The van der Waals surface area contributed by atoms with Crippen molar-refractivity contribution < 1.29 is 4.92 Å². The number of hydrazine groups is 1. The third kappa shape index (κ3) is 3.31. The maximum absolute atomic E-state index is 10.9. The van der Waals surface area contributed by atoms with Gasteiger partial charge >= 0.3 is 0 Å². The molecule has 7 nitrogen and oxygen atoms in total. The van der Waals surface area contributed by atoms with Gasteiger partial charge in [-0.3, -0.25) is 10.1 Å². The number of nitrogens with two attached hydrogens (primary N) is 1. The van der Waals surface area contributed by atoms with E-state index in [0.29, 0.717) is 5.82 Å². The van der Waals surface area contributed by atoms with Crippen molar-refractivity contribution in [1.82, 2.24) is 4.98 Å². The fourth-order valence-corrected chi connectivity index (χ4v) is 2.53. The molecule has 104 valence electrons. The summed E-state index contributed by atoms with van der Waals surface area (Å²) >= 11 is 0. The lowest BCUT2D eigenvalue weighted by Crippen LogP contribution is -2.37. The van der Waals surface area contributed by atoms with E-state index in [4.69, 9.17) is 5.84 Å². The van der Waals surface area contributed by atoms with E-state index in [2.05, 4.69) is 22.7 Å². The number of nitro groups is 1. The van der Waals surface area contributed by atoms with Crippen molar-refractivity contribution in [3.8, 4) is 0 Å². The summed E-state index contributed by atoms with van der Waals surface area (Å²) in [5.74, 6) is 6.07. The summed E-state index contributed by atoms with van der Waals surface area (Å²) in [4.78, 5) is 14.6. The normalized spacial score (nSPS) is 17.8. The van der Waals surface area contributed by atoms with Gasteiger partial charge in [-0.1, -0.05) is 19.3 Å². The van der Waals surface area contributed by atoms with Crippen LogP contribution in [0.2, 0.25) is 0 Å². The highest BCUT2D eigenvalue weighted by Crippen LogP contribution is 2.32. The van der Waals surface area contributed by atoms with Crippen LogP contribution in [-0.4, -0.2) is 15.4 Å². The van der Waals surface area contributed by atoms with Crippen LogP contribution in [0.5, 0.6) is 0 Å². The lowest BCUT2D eigenvalue weighted by molar-refractivity contribution is -0.384. The van der Waals surface area contributed by atoms with Crippen molar-refractivity contribution in [2.45, 2.75) is 44.6 Å². The Hall–Kier alpha value is -1.89. The van der Waals surface area contributed by atoms with E-state index in [-0.39, 0.29) is 17.0 Å². The molecule has 0 spiro atoms. The minimum atomic E-state index is -0.448. The lowest BCUT2D eigenvalue weighted by atomic mass is 9.83. The largest absolute Gasteiger partial charge is 0.365 e. The number of aromatic nitrogens is 1. The second kappa shape index (κ2) is 5.40. The van der Waals surface area contributed by atoms with Gasteiger partial charge in [-0.15, -0.1) is 0 Å². The van der Waals surface area contributed by atoms with E-state index in [1.807, 2.05) is 0 Å². The molecule has 0 saturated heterocycles. The first kappa shape index (κ1) is 13.5. The second-order valence-corrected chi connectivity index (χ2v) is 5.24. The van der Waals surface area contributed by atoms with Crippen LogP contribution in [0.3, 0.4) is 0 Å². The average molecular weight is 265 g/mol. The van der Waals surface area contributed by atoms with Gasteiger partial charge in [0, 0.05) is 5.54 Å². The zero-order valence-corrected chi connectivity index (χ0v) is 11.0. The Kier molecular flexibility index (Phi) is 3.84. The molecule has 1 saturated carbocycles. The van der Waals surface area contributed by atoms with Crippen LogP contribution < -0.4 is 16.6 Å². The number of hydrogen-bond donors (Lipinski definition) is 3. The number of rotatable bonds is 4.